The second-order valence-corrected chi connectivity index (χ2v) is 6.48. The van der Waals surface area contributed by atoms with Crippen LogP contribution < -0.4 is 0 Å². The minimum absolute atomic E-state index is 0.542. The van der Waals surface area contributed by atoms with Gasteiger partial charge in [0.25, 0.3) is 0 Å². The molecule has 0 amide bonds. The third kappa shape index (κ3) is 13.5. The van der Waals surface area contributed by atoms with Crippen molar-refractivity contribution >= 4 is 0 Å². The molecular weight excluding hydrogens is 228 g/mol. The van der Waals surface area contributed by atoms with Gasteiger partial charge in [0.2, 0.25) is 0 Å². The fourth-order valence-electron chi connectivity index (χ4n) is 1.23. The summed E-state index contributed by atoms with van der Waals surface area (Å²) in [6, 6.07) is 0. The summed E-state index contributed by atoms with van der Waals surface area (Å²) >= 11 is 0. The summed E-state index contributed by atoms with van der Waals surface area (Å²) in [5, 5.41) is 0. The van der Waals surface area contributed by atoms with Gasteiger partial charge in [0, 0.05) is 0 Å². The van der Waals surface area contributed by atoms with Crippen LogP contribution in [0.3, 0.4) is 0 Å². The molecule has 0 N–H and O–H groups in total. The molecule has 0 rings (SSSR count). The lowest BCUT2D eigenvalue weighted by atomic mass is 9.94. The highest BCUT2D eigenvalue weighted by Gasteiger charge is 2.03. The van der Waals surface area contributed by atoms with Crippen LogP contribution in [0.25, 0.3) is 0 Å². The van der Waals surface area contributed by atoms with Gasteiger partial charge in [0.15, 0.2) is 0 Å². The molecular formula is C19H36. The molecule has 0 aromatic heterocycles. The predicted molar refractivity (Wildman–Crippen MR) is 91.5 cm³/mol. The molecule has 0 aliphatic rings. The van der Waals surface area contributed by atoms with E-state index in [4.69, 9.17) is 0 Å². The Morgan fingerprint density at radius 2 is 1.47 bits per heavy atom. The molecule has 112 valence electrons. The van der Waals surface area contributed by atoms with Crippen molar-refractivity contribution in [2.24, 2.45) is 11.3 Å². The molecule has 0 nitrogen and oxygen atoms in total. The van der Waals surface area contributed by atoms with Crippen molar-refractivity contribution in [2.75, 3.05) is 0 Å². The highest BCUT2D eigenvalue weighted by atomic mass is 14.1. The van der Waals surface area contributed by atoms with E-state index in [1.807, 2.05) is 6.08 Å². The standard InChI is InChI=1S/C13H22.C6H14/c1-6-9-13(11(4)5)10-12(7-2)8-3;1-5-6(2,3)4/h6,9-11H,1,7-8H2,2-5H3;5H2,1-4H3/b13-9+;. The second-order valence-electron chi connectivity index (χ2n) is 6.48. The Morgan fingerprint density at radius 3 is 1.68 bits per heavy atom. The van der Waals surface area contributed by atoms with E-state index >= 15 is 0 Å². The Morgan fingerprint density at radius 1 is 1.05 bits per heavy atom. The Balaban J connectivity index is 0. The highest BCUT2D eigenvalue weighted by molar-refractivity contribution is 5.28. The van der Waals surface area contributed by atoms with Crippen molar-refractivity contribution in [3.8, 4) is 0 Å². The number of rotatable bonds is 5. The molecule has 0 bridgehead atoms. The minimum atomic E-state index is 0.542. The SMILES string of the molecule is C=C/C=C(\C=C(CC)CC)C(C)C.CCC(C)(C)C. The summed E-state index contributed by atoms with van der Waals surface area (Å²) in [5.41, 5.74) is 3.44. The summed E-state index contributed by atoms with van der Waals surface area (Å²) in [6.07, 6.45) is 9.86. The van der Waals surface area contributed by atoms with E-state index in [0.29, 0.717) is 11.3 Å². The van der Waals surface area contributed by atoms with Gasteiger partial charge in [-0.2, -0.15) is 0 Å². The van der Waals surface area contributed by atoms with Gasteiger partial charge in [-0.15, -0.1) is 0 Å². The van der Waals surface area contributed by atoms with E-state index < -0.39 is 0 Å². The minimum Gasteiger partial charge on any atom is -0.0991 e. The lowest BCUT2D eigenvalue weighted by Gasteiger charge is -2.12. The first-order chi connectivity index (χ1) is 8.71. The predicted octanol–water partition coefficient (Wildman–Crippen LogP) is 6.94. The van der Waals surface area contributed by atoms with E-state index in [-0.39, 0.29) is 0 Å². The largest absolute Gasteiger partial charge is 0.0991 e. The maximum Gasteiger partial charge on any atom is -0.0219 e. The molecule has 0 radical (unpaired) electrons. The normalized spacial score (nSPS) is 11.7. The average molecular weight is 264 g/mol. The Kier molecular flexibility index (Phi) is 12.0. The van der Waals surface area contributed by atoms with Gasteiger partial charge in [-0.1, -0.05) is 92.2 Å². The third-order valence-electron chi connectivity index (χ3n) is 3.32. The highest BCUT2D eigenvalue weighted by Crippen LogP contribution is 2.17. The quantitative estimate of drug-likeness (QED) is 0.472. The van der Waals surface area contributed by atoms with E-state index in [0.717, 1.165) is 12.8 Å². The average Bonchev–Trinajstić information content (AvgIpc) is 2.34. The molecule has 0 spiro atoms. The van der Waals surface area contributed by atoms with Crippen molar-refractivity contribution in [1.82, 2.24) is 0 Å². The summed E-state index contributed by atoms with van der Waals surface area (Å²) in [6.45, 7) is 21.5. The fourth-order valence-corrected chi connectivity index (χ4v) is 1.23. The van der Waals surface area contributed by atoms with Crippen LogP contribution in [0.2, 0.25) is 0 Å². The molecule has 0 saturated heterocycles. The van der Waals surface area contributed by atoms with Crippen LogP contribution in [0.4, 0.5) is 0 Å². The van der Waals surface area contributed by atoms with Gasteiger partial charge in [-0.3, -0.25) is 0 Å². The number of allylic oxidation sites excluding steroid dienone is 5. The summed E-state index contributed by atoms with van der Waals surface area (Å²) < 4.78 is 0. The Bertz CT molecular complexity index is 276. The first-order valence-electron chi connectivity index (χ1n) is 7.73. The second kappa shape index (κ2) is 11.1. The van der Waals surface area contributed by atoms with Gasteiger partial charge in [0.05, 0.1) is 0 Å². The summed E-state index contributed by atoms with van der Waals surface area (Å²) in [7, 11) is 0. The van der Waals surface area contributed by atoms with Crippen molar-refractivity contribution < 1.29 is 0 Å². The fraction of sp³-hybridized carbons (Fsp3) is 0.684. The van der Waals surface area contributed by atoms with E-state index in [1.165, 1.54) is 17.6 Å². The topological polar surface area (TPSA) is 0 Å². The van der Waals surface area contributed by atoms with E-state index in [9.17, 15) is 0 Å². The maximum absolute atomic E-state index is 3.74. The molecule has 0 saturated carbocycles. The van der Waals surface area contributed by atoms with Gasteiger partial charge in [-0.25, -0.2) is 0 Å². The van der Waals surface area contributed by atoms with Crippen molar-refractivity contribution in [2.45, 2.75) is 74.7 Å². The van der Waals surface area contributed by atoms with Crippen molar-refractivity contribution in [3.05, 3.63) is 36.0 Å². The maximum atomic E-state index is 3.74. The van der Waals surface area contributed by atoms with Crippen molar-refractivity contribution in [1.29, 1.82) is 0 Å². The zero-order valence-electron chi connectivity index (χ0n) is 14.6. The van der Waals surface area contributed by atoms with Crippen LogP contribution in [0, 0.1) is 11.3 Å². The zero-order chi connectivity index (χ0) is 15.5. The first kappa shape index (κ1) is 20.5. The molecule has 0 aliphatic carbocycles. The van der Waals surface area contributed by atoms with Crippen LogP contribution in [0.1, 0.15) is 74.7 Å². The van der Waals surface area contributed by atoms with Crippen LogP contribution in [0.5, 0.6) is 0 Å². The molecule has 19 heavy (non-hydrogen) atoms. The zero-order valence-corrected chi connectivity index (χ0v) is 14.6. The Hall–Kier alpha value is -0.780. The number of hydrogen-bond acceptors (Lipinski definition) is 0. The molecule has 0 atom stereocenters. The van der Waals surface area contributed by atoms with E-state index in [1.54, 1.807) is 0 Å². The van der Waals surface area contributed by atoms with Gasteiger partial charge < -0.3 is 0 Å². The molecule has 0 aromatic rings. The lowest BCUT2D eigenvalue weighted by molar-refractivity contribution is 0.398. The van der Waals surface area contributed by atoms with Crippen LogP contribution in [0.15, 0.2) is 36.0 Å². The number of hydrogen-bond donors (Lipinski definition) is 0. The first-order valence-corrected chi connectivity index (χ1v) is 7.73. The van der Waals surface area contributed by atoms with Crippen molar-refractivity contribution in [3.63, 3.8) is 0 Å². The smallest absolute Gasteiger partial charge is 0.0219 e. The molecule has 0 unspecified atom stereocenters. The molecule has 0 heterocycles. The van der Waals surface area contributed by atoms with Crippen LogP contribution in [-0.2, 0) is 0 Å². The lowest BCUT2D eigenvalue weighted by Crippen LogP contribution is -2.00. The summed E-state index contributed by atoms with van der Waals surface area (Å²) in [5.74, 6) is 0.589. The Labute approximate surface area is 122 Å². The monoisotopic (exact) mass is 264 g/mol. The molecule has 0 fully saturated rings. The van der Waals surface area contributed by atoms with Gasteiger partial charge in [-0.05, 0) is 29.7 Å². The van der Waals surface area contributed by atoms with Crippen LogP contribution >= 0.6 is 0 Å². The van der Waals surface area contributed by atoms with Gasteiger partial charge >= 0.3 is 0 Å². The molecule has 0 aliphatic heterocycles. The molecule has 0 aromatic carbocycles. The summed E-state index contributed by atoms with van der Waals surface area (Å²) in [4.78, 5) is 0. The van der Waals surface area contributed by atoms with Gasteiger partial charge in [0.1, 0.15) is 0 Å². The van der Waals surface area contributed by atoms with E-state index in [2.05, 4.69) is 74.1 Å². The third-order valence-corrected chi connectivity index (χ3v) is 3.32. The van der Waals surface area contributed by atoms with Crippen LogP contribution in [-0.4, -0.2) is 0 Å². The molecule has 0 heteroatoms.